The Hall–Kier alpha value is -1.60. The van der Waals surface area contributed by atoms with Gasteiger partial charge in [0.25, 0.3) is 0 Å². The molecule has 8 heteroatoms. The highest BCUT2D eigenvalue weighted by Gasteiger charge is 2.29. The van der Waals surface area contributed by atoms with Gasteiger partial charge in [-0.05, 0) is 43.9 Å². The van der Waals surface area contributed by atoms with Crippen LogP contribution in [-0.2, 0) is 14.7 Å². The van der Waals surface area contributed by atoms with Crippen molar-refractivity contribution in [3.8, 4) is 0 Å². The standard InChI is InChI=1S/C16H20ClNO5S/c1-10-12(16(19)20)6-7-14(24(2,21)22)15(10)13-9-11(23-18-13)5-3-4-8-17/h6-7,11H,3-5,8-9H2,1-2H3,(H,19,20). The first-order valence-electron chi connectivity index (χ1n) is 7.61. The van der Waals surface area contributed by atoms with Gasteiger partial charge in [-0.2, -0.15) is 0 Å². The van der Waals surface area contributed by atoms with Gasteiger partial charge in [-0.25, -0.2) is 13.2 Å². The molecule has 0 saturated carbocycles. The lowest BCUT2D eigenvalue weighted by molar-refractivity contribution is 0.0695. The summed E-state index contributed by atoms with van der Waals surface area (Å²) in [4.78, 5) is 16.8. The average molecular weight is 374 g/mol. The van der Waals surface area contributed by atoms with Crippen molar-refractivity contribution in [3.63, 3.8) is 0 Å². The summed E-state index contributed by atoms with van der Waals surface area (Å²) < 4.78 is 24.2. The molecule has 0 amide bonds. The highest BCUT2D eigenvalue weighted by Crippen LogP contribution is 2.29. The number of nitrogens with zero attached hydrogens (tertiary/aromatic N) is 1. The number of hydrogen-bond acceptors (Lipinski definition) is 5. The molecule has 2 rings (SSSR count). The van der Waals surface area contributed by atoms with Crippen molar-refractivity contribution in [3.05, 3.63) is 28.8 Å². The number of oxime groups is 1. The van der Waals surface area contributed by atoms with E-state index in [4.69, 9.17) is 16.4 Å². The van der Waals surface area contributed by atoms with Crippen LogP contribution in [0.25, 0.3) is 0 Å². The number of unbranched alkanes of at least 4 members (excludes halogenated alkanes) is 1. The molecule has 0 fully saturated rings. The number of aromatic carboxylic acids is 1. The minimum absolute atomic E-state index is 0.0608. The molecule has 0 saturated heterocycles. The zero-order valence-electron chi connectivity index (χ0n) is 13.6. The molecule has 1 heterocycles. The number of carboxylic acids is 1. The van der Waals surface area contributed by atoms with Crippen LogP contribution in [0.1, 0.15) is 47.2 Å². The van der Waals surface area contributed by atoms with Gasteiger partial charge < -0.3 is 9.94 Å². The van der Waals surface area contributed by atoms with Crippen LogP contribution in [0.4, 0.5) is 0 Å². The number of benzene rings is 1. The molecule has 0 aromatic heterocycles. The fraction of sp³-hybridized carbons (Fsp3) is 0.500. The summed E-state index contributed by atoms with van der Waals surface area (Å²) in [7, 11) is -3.52. The predicted molar refractivity (Wildman–Crippen MR) is 91.8 cm³/mol. The van der Waals surface area contributed by atoms with E-state index in [0.717, 1.165) is 25.5 Å². The zero-order chi connectivity index (χ0) is 17.9. The fourth-order valence-electron chi connectivity index (χ4n) is 2.78. The summed E-state index contributed by atoms with van der Waals surface area (Å²) in [5, 5.41) is 13.3. The van der Waals surface area contributed by atoms with E-state index < -0.39 is 15.8 Å². The molecule has 24 heavy (non-hydrogen) atoms. The fourth-order valence-corrected chi connectivity index (χ4v) is 3.93. The van der Waals surface area contributed by atoms with E-state index >= 15 is 0 Å². The number of sulfone groups is 1. The van der Waals surface area contributed by atoms with Crippen molar-refractivity contribution in [2.45, 2.75) is 43.6 Å². The molecule has 0 bridgehead atoms. The van der Waals surface area contributed by atoms with E-state index in [9.17, 15) is 18.3 Å². The smallest absolute Gasteiger partial charge is 0.335 e. The summed E-state index contributed by atoms with van der Waals surface area (Å²) in [6.45, 7) is 1.59. The Morgan fingerprint density at radius 2 is 2.12 bits per heavy atom. The Bertz CT molecular complexity index is 773. The number of carbonyl (C=O) groups is 1. The van der Waals surface area contributed by atoms with Crippen molar-refractivity contribution in [2.75, 3.05) is 12.1 Å². The molecule has 1 N–H and O–H groups in total. The Labute approximate surface area is 146 Å². The molecule has 1 aliphatic heterocycles. The first-order valence-corrected chi connectivity index (χ1v) is 10.0. The summed E-state index contributed by atoms with van der Waals surface area (Å²) >= 11 is 5.66. The van der Waals surface area contributed by atoms with Crippen LogP contribution >= 0.6 is 11.6 Å². The molecule has 1 unspecified atom stereocenters. The van der Waals surface area contributed by atoms with Crippen LogP contribution in [0.15, 0.2) is 22.2 Å². The lowest BCUT2D eigenvalue weighted by Gasteiger charge is -2.13. The Balaban J connectivity index is 2.38. The number of halogens is 1. The lowest BCUT2D eigenvalue weighted by atomic mass is 9.95. The Morgan fingerprint density at radius 1 is 1.42 bits per heavy atom. The SMILES string of the molecule is Cc1c(C(=O)O)ccc(S(C)(=O)=O)c1C1=NOC(CCCCCl)C1. The largest absolute Gasteiger partial charge is 0.478 e. The minimum atomic E-state index is -3.52. The van der Waals surface area contributed by atoms with Gasteiger partial charge in [-0.3, -0.25) is 0 Å². The van der Waals surface area contributed by atoms with E-state index in [1.165, 1.54) is 12.1 Å². The van der Waals surface area contributed by atoms with Crippen molar-refractivity contribution in [1.82, 2.24) is 0 Å². The van der Waals surface area contributed by atoms with E-state index in [0.29, 0.717) is 29.1 Å². The second-order valence-corrected chi connectivity index (χ2v) is 8.20. The Kier molecular flexibility index (Phi) is 5.87. The average Bonchev–Trinajstić information content (AvgIpc) is 2.94. The number of hydrogen-bond donors (Lipinski definition) is 1. The number of alkyl halides is 1. The molecule has 132 valence electrons. The summed E-state index contributed by atoms with van der Waals surface area (Å²) in [6.07, 6.45) is 3.95. The highest BCUT2D eigenvalue weighted by molar-refractivity contribution is 7.90. The van der Waals surface area contributed by atoms with Gasteiger partial charge in [0.2, 0.25) is 0 Å². The number of rotatable bonds is 7. The Morgan fingerprint density at radius 3 is 2.71 bits per heavy atom. The second-order valence-electron chi connectivity index (χ2n) is 5.84. The van der Waals surface area contributed by atoms with Crippen molar-refractivity contribution >= 4 is 33.1 Å². The van der Waals surface area contributed by atoms with Gasteiger partial charge in [0.15, 0.2) is 9.84 Å². The summed E-state index contributed by atoms with van der Waals surface area (Å²) in [6, 6.07) is 2.64. The van der Waals surface area contributed by atoms with E-state index in [1.54, 1.807) is 6.92 Å². The van der Waals surface area contributed by atoms with Gasteiger partial charge in [-0.1, -0.05) is 5.16 Å². The second kappa shape index (κ2) is 7.53. The first kappa shape index (κ1) is 18.7. The van der Waals surface area contributed by atoms with Crippen molar-refractivity contribution in [1.29, 1.82) is 0 Å². The van der Waals surface area contributed by atoms with Crippen LogP contribution < -0.4 is 0 Å². The van der Waals surface area contributed by atoms with Gasteiger partial charge in [0.05, 0.1) is 16.2 Å². The molecule has 1 atom stereocenters. The van der Waals surface area contributed by atoms with E-state index in [1.807, 2.05) is 0 Å². The van der Waals surface area contributed by atoms with Gasteiger partial charge in [-0.15, -0.1) is 11.6 Å². The molecular weight excluding hydrogens is 354 g/mol. The van der Waals surface area contributed by atoms with E-state index in [2.05, 4.69) is 5.16 Å². The van der Waals surface area contributed by atoms with Crippen LogP contribution in [0, 0.1) is 6.92 Å². The van der Waals surface area contributed by atoms with Crippen molar-refractivity contribution in [2.24, 2.45) is 5.16 Å². The monoisotopic (exact) mass is 373 g/mol. The molecule has 1 aromatic rings. The normalized spacial score (nSPS) is 17.5. The topological polar surface area (TPSA) is 93.0 Å². The maximum Gasteiger partial charge on any atom is 0.335 e. The van der Waals surface area contributed by atoms with Crippen molar-refractivity contribution < 1.29 is 23.2 Å². The maximum atomic E-state index is 12.1. The van der Waals surface area contributed by atoms with E-state index in [-0.39, 0.29) is 16.6 Å². The third kappa shape index (κ3) is 4.08. The third-order valence-electron chi connectivity index (χ3n) is 3.99. The molecule has 0 spiro atoms. The maximum absolute atomic E-state index is 12.1. The minimum Gasteiger partial charge on any atom is -0.478 e. The summed E-state index contributed by atoms with van der Waals surface area (Å²) in [5.74, 6) is -0.523. The first-order chi connectivity index (χ1) is 11.3. The number of carboxylic acid groups (broad SMARTS) is 1. The molecule has 1 aliphatic rings. The predicted octanol–water partition coefficient (Wildman–Crippen LogP) is 3.00. The van der Waals surface area contributed by atoms with Gasteiger partial charge in [0.1, 0.15) is 6.10 Å². The van der Waals surface area contributed by atoms with Crippen LogP contribution in [0.5, 0.6) is 0 Å². The molecular formula is C16H20ClNO5S. The van der Waals surface area contributed by atoms with Gasteiger partial charge >= 0.3 is 5.97 Å². The van der Waals surface area contributed by atoms with Gasteiger partial charge in [0, 0.05) is 24.1 Å². The van der Waals surface area contributed by atoms with Crippen LogP contribution in [0.2, 0.25) is 0 Å². The molecule has 1 aromatic carbocycles. The molecule has 6 nitrogen and oxygen atoms in total. The van der Waals surface area contributed by atoms with Crippen LogP contribution in [-0.4, -0.2) is 43.4 Å². The molecule has 0 radical (unpaired) electrons. The third-order valence-corrected chi connectivity index (χ3v) is 5.39. The van der Waals surface area contributed by atoms with Crippen LogP contribution in [0.3, 0.4) is 0 Å². The summed E-state index contributed by atoms with van der Waals surface area (Å²) in [5.41, 5.74) is 1.27. The lowest BCUT2D eigenvalue weighted by Crippen LogP contribution is -2.15. The highest BCUT2D eigenvalue weighted by atomic mass is 35.5. The zero-order valence-corrected chi connectivity index (χ0v) is 15.2. The molecule has 0 aliphatic carbocycles. The quantitative estimate of drug-likeness (QED) is 0.585.